The number of pyridine rings is 1. The molecule has 2 heterocycles. The van der Waals surface area contributed by atoms with Gasteiger partial charge in [-0.25, -0.2) is 9.97 Å². The van der Waals surface area contributed by atoms with E-state index in [1.807, 2.05) is 31.5 Å². The lowest BCUT2D eigenvalue weighted by Gasteiger charge is -2.06. The summed E-state index contributed by atoms with van der Waals surface area (Å²) in [5.41, 5.74) is 3.20. The molecule has 0 spiro atoms. The fraction of sp³-hybridized carbons (Fsp3) is 0.333. The Hall–Kier alpha value is -1.84. The van der Waals surface area contributed by atoms with Gasteiger partial charge in [-0.05, 0) is 19.9 Å². The number of hydrogen-bond acceptors (Lipinski definition) is 3. The van der Waals surface area contributed by atoms with Crippen LogP contribution in [0.25, 0.3) is 0 Å². The third kappa shape index (κ3) is 2.05. The minimum Gasteiger partial charge on any atom is -0.481 e. The Balaban J connectivity index is 2.23. The summed E-state index contributed by atoms with van der Waals surface area (Å²) >= 11 is 0. The van der Waals surface area contributed by atoms with Crippen LogP contribution in [0, 0.1) is 13.8 Å². The zero-order valence-corrected chi connectivity index (χ0v) is 9.77. The SMILES string of the molecule is COc1cccc(Cn2cnc(C)c2C)n1. The second-order valence-corrected chi connectivity index (χ2v) is 3.71. The Morgan fingerprint density at radius 2 is 2.12 bits per heavy atom. The zero-order chi connectivity index (χ0) is 11.5. The number of aryl methyl sites for hydroxylation is 1. The van der Waals surface area contributed by atoms with E-state index in [9.17, 15) is 0 Å². The van der Waals surface area contributed by atoms with Gasteiger partial charge >= 0.3 is 0 Å². The Bertz CT molecular complexity index is 491. The van der Waals surface area contributed by atoms with Gasteiger partial charge in [-0.15, -0.1) is 0 Å². The fourth-order valence-corrected chi connectivity index (χ4v) is 1.54. The van der Waals surface area contributed by atoms with E-state index in [0.717, 1.165) is 17.9 Å². The van der Waals surface area contributed by atoms with E-state index in [2.05, 4.69) is 21.5 Å². The van der Waals surface area contributed by atoms with Crippen LogP contribution in [0.3, 0.4) is 0 Å². The maximum atomic E-state index is 5.09. The first kappa shape index (κ1) is 10.7. The summed E-state index contributed by atoms with van der Waals surface area (Å²) in [7, 11) is 1.62. The number of rotatable bonds is 3. The molecule has 84 valence electrons. The van der Waals surface area contributed by atoms with Crippen molar-refractivity contribution in [3.05, 3.63) is 41.6 Å². The van der Waals surface area contributed by atoms with Crippen molar-refractivity contribution in [3.8, 4) is 5.88 Å². The van der Waals surface area contributed by atoms with Crippen LogP contribution in [-0.2, 0) is 6.54 Å². The summed E-state index contributed by atoms with van der Waals surface area (Å²) in [5, 5.41) is 0. The predicted molar refractivity (Wildman–Crippen MR) is 61.6 cm³/mol. The largest absolute Gasteiger partial charge is 0.481 e. The standard InChI is InChI=1S/C12H15N3O/c1-9-10(2)15(8-13-9)7-11-5-4-6-12(14-11)16-3/h4-6,8H,7H2,1-3H3. The highest BCUT2D eigenvalue weighted by molar-refractivity contribution is 5.17. The van der Waals surface area contributed by atoms with Crippen molar-refractivity contribution in [1.29, 1.82) is 0 Å². The quantitative estimate of drug-likeness (QED) is 0.789. The third-order valence-electron chi connectivity index (χ3n) is 2.67. The monoisotopic (exact) mass is 217 g/mol. The lowest BCUT2D eigenvalue weighted by atomic mass is 10.3. The molecule has 0 amide bonds. The highest BCUT2D eigenvalue weighted by Crippen LogP contribution is 2.10. The topological polar surface area (TPSA) is 39.9 Å². The first-order valence-corrected chi connectivity index (χ1v) is 5.19. The van der Waals surface area contributed by atoms with Gasteiger partial charge < -0.3 is 9.30 Å². The van der Waals surface area contributed by atoms with Gasteiger partial charge in [-0.3, -0.25) is 0 Å². The highest BCUT2D eigenvalue weighted by atomic mass is 16.5. The van der Waals surface area contributed by atoms with Crippen molar-refractivity contribution in [2.75, 3.05) is 7.11 Å². The first-order valence-electron chi connectivity index (χ1n) is 5.19. The van der Waals surface area contributed by atoms with Crippen molar-refractivity contribution in [2.24, 2.45) is 0 Å². The van der Waals surface area contributed by atoms with Gasteiger partial charge in [0.1, 0.15) is 0 Å². The second kappa shape index (κ2) is 4.35. The van der Waals surface area contributed by atoms with Crippen molar-refractivity contribution < 1.29 is 4.74 Å². The number of hydrogen-bond donors (Lipinski definition) is 0. The predicted octanol–water partition coefficient (Wildman–Crippen LogP) is 1.95. The van der Waals surface area contributed by atoms with E-state index < -0.39 is 0 Å². The zero-order valence-electron chi connectivity index (χ0n) is 9.77. The molecule has 0 aliphatic rings. The van der Waals surface area contributed by atoms with Gasteiger partial charge in [-0.2, -0.15) is 0 Å². The van der Waals surface area contributed by atoms with E-state index in [1.54, 1.807) is 7.11 Å². The van der Waals surface area contributed by atoms with E-state index >= 15 is 0 Å². The average Bonchev–Trinajstić information content (AvgIpc) is 2.61. The van der Waals surface area contributed by atoms with Crippen LogP contribution in [-0.4, -0.2) is 21.6 Å². The number of imidazole rings is 1. The van der Waals surface area contributed by atoms with Gasteiger partial charge in [0.25, 0.3) is 0 Å². The van der Waals surface area contributed by atoms with E-state index in [-0.39, 0.29) is 0 Å². The molecule has 0 unspecified atom stereocenters. The van der Waals surface area contributed by atoms with Crippen molar-refractivity contribution >= 4 is 0 Å². The molecule has 2 rings (SSSR count). The molecule has 2 aromatic heterocycles. The van der Waals surface area contributed by atoms with Crippen LogP contribution >= 0.6 is 0 Å². The molecular weight excluding hydrogens is 202 g/mol. The molecule has 0 atom stereocenters. The number of aromatic nitrogens is 3. The first-order chi connectivity index (χ1) is 7.70. The number of ether oxygens (including phenoxy) is 1. The molecule has 4 heteroatoms. The van der Waals surface area contributed by atoms with Crippen LogP contribution in [0.4, 0.5) is 0 Å². The second-order valence-electron chi connectivity index (χ2n) is 3.71. The summed E-state index contributed by atoms with van der Waals surface area (Å²) in [4.78, 5) is 8.62. The molecule has 0 radical (unpaired) electrons. The molecule has 4 nitrogen and oxygen atoms in total. The van der Waals surface area contributed by atoms with Gasteiger partial charge in [0.05, 0.1) is 31.4 Å². The molecule has 0 aromatic carbocycles. The fourth-order valence-electron chi connectivity index (χ4n) is 1.54. The van der Waals surface area contributed by atoms with Crippen LogP contribution in [0.1, 0.15) is 17.1 Å². The Morgan fingerprint density at radius 3 is 2.75 bits per heavy atom. The van der Waals surface area contributed by atoms with Crippen molar-refractivity contribution in [3.63, 3.8) is 0 Å². The molecule has 0 fully saturated rings. The Kier molecular flexibility index (Phi) is 2.90. The maximum Gasteiger partial charge on any atom is 0.213 e. The molecule has 0 saturated carbocycles. The maximum absolute atomic E-state index is 5.09. The van der Waals surface area contributed by atoms with Crippen LogP contribution in [0.15, 0.2) is 24.5 Å². The van der Waals surface area contributed by atoms with E-state index in [1.165, 1.54) is 5.69 Å². The molecule has 0 saturated heterocycles. The van der Waals surface area contributed by atoms with Gasteiger partial charge in [0, 0.05) is 11.8 Å². The normalized spacial score (nSPS) is 10.4. The molecule has 2 aromatic rings. The lowest BCUT2D eigenvalue weighted by Crippen LogP contribution is -2.03. The number of nitrogens with zero attached hydrogens (tertiary/aromatic N) is 3. The van der Waals surface area contributed by atoms with Crippen LogP contribution < -0.4 is 4.74 Å². The molecule has 0 aliphatic heterocycles. The van der Waals surface area contributed by atoms with E-state index in [0.29, 0.717) is 5.88 Å². The van der Waals surface area contributed by atoms with Gasteiger partial charge in [-0.1, -0.05) is 6.07 Å². The summed E-state index contributed by atoms with van der Waals surface area (Å²) in [6, 6.07) is 5.77. The third-order valence-corrected chi connectivity index (χ3v) is 2.67. The summed E-state index contributed by atoms with van der Waals surface area (Å²) < 4.78 is 7.17. The van der Waals surface area contributed by atoms with Gasteiger partial charge in [0.15, 0.2) is 0 Å². The molecule has 0 aliphatic carbocycles. The van der Waals surface area contributed by atoms with Gasteiger partial charge in [0.2, 0.25) is 5.88 Å². The summed E-state index contributed by atoms with van der Waals surface area (Å²) in [6.07, 6.45) is 1.84. The van der Waals surface area contributed by atoms with Crippen molar-refractivity contribution in [2.45, 2.75) is 20.4 Å². The lowest BCUT2D eigenvalue weighted by molar-refractivity contribution is 0.396. The average molecular weight is 217 g/mol. The summed E-state index contributed by atoms with van der Waals surface area (Å²) in [5.74, 6) is 0.645. The molecule has 16 heavy (non-hydrogen) atoms. The molecule has 0 N–H and O–H groups in total. The number of methoxy groups -OCH3 is 1. The van der Waals surface area contributed by atoms with E-state index in [4.69, 9.17) is 4.74 Å². The van der Waals surface area contributed by atoms with Crippen LogP contribution in [0.5, 0.6) is 5.88 Å². The minimum absolute atomic E-state index is 0.645. The summed E-state index contributed by atoms with van der Waals surface area (Å²) in [6.45, 7) is 4.79. The molecular formula is C12H15N3O. The Morgan fingerprint density at radius 1 is 1.31 bits per heavy atom. The highest BCUT2D eigenvalue weighted by Gasteiger charge is 2.04. The van der Waals surface area contributed by atoms with Crippen molar-refractivity contribution in [1.82, 2.24) is 14.5 Å². The minimum atomic E-state index is 0.645. The molecule has 0 bridgehead atoms. The Labute approximate surface area is 94.9 Å². The van der Waals surface area contributed by atoms with Crippen LogP contribution in [0.2, 0.25) is 0 Å². The smallest absolute Gasteiger partial charge is 0.213 e.